The molecule has 0 amide bonds. The van der Waals surface area contributed by atoms with Crippen LogP contribution >= 0.6 is 15.6 Å². The summed E-state index contributed by atoms with van der Waals surface area (Å²) < 4.78 is 68.5. The van der Waals surface area contributed by atoms with E-state index in [1.165, 1.54) is 19.3 Å². The van der Waals surface area contributed by atoms with Gasteiger partial charge in [0, 0.05) is 25.7 Å². The van der Waals surface area contributed by atoms with E-state index in [0.717, 1.165) is 180 Å². The molecule has 17 nitrogen and oxygen atoms in total. The Hall–Kier alpha value is -5.84. The van der Waals surface area contributed by atoms with Crippen molar-refractivity contribution >= 4 is 39.5 Å². The highest BCUT2D eigenvalue weighted by Gasteiger charge is 2.30. The molecule has 0 aliphatic carbocycles. The Kier molecular flexibility index (Phi) is 73.1. The van der Waals surface area contributed by atoms with Gasteiger partial charge in [-0.1, -0.05) is 274 Å². The van der Waals surface area contributed by atoms with Crippen LogP contribution in [0.25, 0.3) is 0 Å². The minimum absolute atomic E-state index is 0.0230. The Bertz CT molecular complexity index is 2730. The standard InChI is InChI=1S/C87H140O17P2/c1-5-9-13-17-21-25-29-33-37-39-40-42-45-48-52-56-60-64-68-72-85(90)98-78-83(104-87(92)74-70-66-62-58-54-50-46-41-38-34-30-26-22-18-14-10-6-2)80-102-106(95,96)100-76-81(88)75-99-105(93,94)101-79-82(103-86(91)73-69-65-61-57-53-49-44-36-32-28-24-20-16-12-8-4)77-97-84(89)71-67-63-59-55-51-47-43-35-31-27-23-19-15-11-7-3/h9-11,13-15,21-28,33-38,40,42-44,46,48,50,52,60,64,81-83,88H,5-8,12,16-20,29-32,39,41,45,47,49,51,53-59,61-63,65-80H2,1-4H3,(H,93,94)(H,95,96). The number of hydrogen-bond acceptors (Lipinski definition) is 15. The van der Waals surface area contributed by atoms with Gasteiger partial charge in [0.2, 0.25) is 0 Å². The fraction of sp³-hybridized carbons (Fsp3) is 0.609. The maximum absolute atomic E-state index is 13.1. The second-order valence-corrected chi connectivity index (χ2v) is 28.8. The number of carbonyl (C=O) groups is 4. The Morgan fingerprint density at radius 3 is 0.811 bits per heavy atom. The summed E-state index contributed by atoms with van der Waals surface area (Å²) in [5, 5.41) is 10.6. The van der Waals surface area contributed by atoms with Gasteiger partial charge in [0.25, 0.3) is 0 Å². The van der Waals surface area contributed by atoms with Crippen molar-refractivity contribution in [3.8, 4) is 0 Å². The SMILES string of the molecule is CCC=CCC=CCC=CCC=CCC=CCC=CCCC(=O)OCC(COP(=O)(O)OCC(O)COP(=O)(O)OCC(COC(=O)CCCCCCCC=CCC=CCC=CCC)OC(=O)CCCCCCCC=CCC=CCCCCC)OC(=O)CCCCCCC=CCC=CCC=CCC=CCC. The number of hydrogen-bond donors (Lipinski definition) is 3. The molecule has 0 spiro atoms. The summed E-state index contributed by atoms with van der Waals surface area (Å²) in [7, 11) is -10.0. The van der Waals surface area contributed by atoms with E-state index >= 15 is 0 Å². The van der Waals surface area contributed by atoms with E-state index in [9.17, 15) is 43.2 Å². The number of esters is 4. The summed E-state index contributed by atoms with van der Waals surface area (Å²) in [6, 6.07) is 0. The third-order valence-corrected chi connectivity index (χ3v) is 17.8. The van der Waals surface area contributed by atoms with Crippen LogP contribution in [0.3, 0.4) is 0 Å². The first-order valence-electron chi connectivity index (χ1n) is 40.0. The molecule has 0 aliphatic heterocycles. The first kappa shape index (κ1) is 100. The molecule has 5 unspecified atom stereocenters. The zero-order valence-corrected chi connectivity index (χ0v) is 67.3. The molecule has 0 bridgehead atoms. The van der Waals surface area contributed by atoms with Gasteiger partial charge in [-0.05, 0) is 167 Å². The van der Waals surface area contributed by atoms with Crippen LogP contribution in [0, 0.1) is 0 Å². The molecule has 0 heterocycles. The molecule has 5 atom stereocenters. The summed E-state index contributed by atoms with van der Waals surface area (Å²) >= 11 is 0. The summed E-state index contributed by atoms with van der Waals surface area (Å²) in [6.45, 7) is 4.34. The molecule has 0 aromatic heterocycles. The monoisotopic (exact) mass is 1520 g/mol. The second-order valence-electron chi connectivity index (χ2n) is 25.9. The highest BCUT2D eigenvalue weighted by Crippen LogP contribution is 2.45. The van der Waals surface area contributed by atoms with Crippen LogP contribution in [0.4, 0.5) is 0 Å². The number of carbonyl (C=O) groups excluding carboxylic acids is 4. The van der Waals surface area contributed by atoms with Crippen LogP contribution in [-0.2, 0) is 65.4 Å². The van der Waals surface area contributed by atoms with Crippen molar-refractivity contribution in [2.45, 2.75) is 303 Å². The number of aliphatic hydroxyl groups is 1. The third kappa shape index (κ3) is 76.4. The number of ether oxygens (including phenoxy) is 4. The lowest BCUT2D eigenvalue weighted by Gasteiger charge is -2.21. The van der Waals surface area contributed by atoms with E-state index in [-0.39, 0.29) is 25.7 Å². The first-order valence-corrected chi connectivity index (χ1v) is 43.0. The van der Waals surface area contributed by atoms with Gasteiger partial charge in [-0.2, -0.15) is 0 Å². The molecule has 0 fully saturated rings. The van der Waals surface area contributed by atoms with Crippen LogP contribution in [-0.4, -0.2) is 96.7 Å². The Balaban J connectivity index is 5.51. The summed E-state index contributed by atoms with van der Waals surface area (Å²) in [4.78, 5) is 73.0. The number of phosphoric ester groups is 2. The fourth-order valence-corrected chi connectivity index (χ4v) is 11.4. The van der Waals surface area contributed by atoms with Crippen LogP contribution in [0.2, 0.25) is 0 Å². The maximum Gasteiger partial charge on any atom is 0.472 e. The van der Waals surface area contributed by atoms with Gasteiger partial charge in [-0.25, -0.2) is 9.13 Å². The maximum atomic E-state index is 13.1. The lowest BCUT2D eigenvalue weighted by atomic mass is 10.1. The molecule has 0 aromatic rings. The molecule has 0 radical (unpaired) electrons. The van der Waals surface area contributed by atoms with Gasteiger partial charge in [0.15, 0.2) is 12.2 Å². The van der Waals surface area contributed by atoms with Crippen molar-refractivity contribution in [3.63, 3.8) is 0 Å². The van der Waals surface area contributed by atoms with E-state index in [0.29, 0.717) is 32.1 Å². The van der Waals surface area contributed by atoms with E-state index < -0.39 is 97.5 Å². The molecule has 0 saturated heterocycles. The van der Waals surface area contributed by atoms with Crippen molar-refractivity contribution in [1.29, 1.82) is 0 Å². The van der Waals surface area contributed by atoms with Gasteiger partial charge in [-0.3, -0.25) is 37.3 Å². The van der Waals surface area contributed by atoms with Gasteiger partial charge >= 0.3 is 39.5 Å². The van der Waals surface area contributed by atoms with Gasteiger partial charge in [-0.15, -0.1) is 0 Å². The van der Waals surface area contributed by atoms with Crippen LogP contribution in [0.1, 0.15) is 285 Å². The van der Waals surface area contributed by atoms with Crippen LogP contribution in [0.15, 0.2) is 182 Å². The van der Waals surface area contributed by atoms with Crippen molar-refractivity contribution in [3.05, 3.63) is 182 Å². The topological polar surface area (TPSA) is 237 Å². The van der Waals surface area contributed by atoms with Gasteiger partial charge in [0.1, 0.15) is 19.3 Å². The molecular weight excluding hydrogens is 1380 g/mol. The van der Waals surface area contributed by atoms with Gasteiger partial charge < -0.3 is 33.8 Å². The van der Waals surface area contributed by atoms with Crippen molar-refractivity contribution in [2.75, 3.05) is 39.6 Å². The minimum Gasteiger partial charge on any atom is -0.462 e. The van der Waals surface area contributed by atoms with Crippen molar-refractivity contribution < 1.29 is 80.2 Å². The summed E-state index contributed by atoms with van der Waals surface area (Å²) in [5.74, 6) is -2.35. The van der Waals surface area contributed by atoms with Crippen molar-refractivity contribution in [1.82, 2.24) is 0 Å². The molecule has 0 aliphatic rings. The smallest absolute Gasteiger partial charge is 0.462 e. The number of rotatable bonds is 73. The predicted octanol–water partition coefficient (Wildman–Crippen LogP) is 23.6. The first-order chi connectivity index (χ1) is 51.7. The Morgan fingerprint density at radius 1 is 0.274 bits per heavy atom. The van der Waals surface area contributed by atoms with E-state index in [1.807, 2.05) is 18.2 Å². The predicted molar refractivity (Wildman–Crippen MR) is 436 cm³/mol. The average molecular weight is 1520 g/mol. The number of allylic oxidation sites excluding steroid dienone is 30. The molecule has 106 heavy (non-hydrogen) atoms. The normalized spacial score (nSPS) is 14.8. The molecule has 3 N–H and O–H groups in total. The highest BCUT2D eigenvalue weighted by atomic mass is 31.2. The highest BCUT2D eigenvalue weighted by molar-refractivity contribution is 7.47. The van der Waals surface area contributed by atoms with Crippen LogP contribution < -0.4 is 0 Å². The van der Waals surface area contributed by atoms with E-state index in [2.05, 4.69) is 192 Å². The largest absolute Gasteiger partial charge is 0.472 e. The van der Waals surface area contributed by atoms with Gasteiger partial charge in [0.05, 0.1) is 26.4 Å². The average Bonchev–Trinajstić information content (AvgIpc) is 0.902. The number of unbranched alkanes of at least 4 members (excludes halogenated alkanes) is 17. The summed E-state index contributed by atoms with van der Waals surface area (Å²) in [5.41, 5.74) is 0. The third-order valence-electron chi connectivity index (χ3n) is 15.9. The van der Waals surface area contributed by atoms with E-state index in [4.69, 9.17) is 37.0 Å². The minimum atomic E-state index is -5.01. The van der Waals surface area contributed by atoms with Crippen molar-refractivity contribution in [2.24, 2.45) is 0 Å². The molecule has 0 aromatic carbocycles. The zero-order chi connectivity index (χ0) is 77.4. The lowest BCUT2D eigenvalue weighted by Crippen LogP contribution is -2.30. The fourth-order valence-electron chi connectivity index (χ4n) is 9.87. The van der Waals surface area contributed by atoms with E-state index in [1.54, 1.807) is 0 Å². The quantitative estimate of drug-likeness (QED) is 0.0169. The Labute approximate surface area is 641 Å². The lowest BCUT2D eigenvalue weighted by molar-refractivity contribution is -0.161. The second kappa shape index (κ2) is 77.3. The molecule has 0 saturated carbocycles. The molecule has 0 rings (SSSR count). The molecule has 19 heteroatoms. The summed E-state index contributed by atoms with van der Waals surface area (Å²) in [6.07, 6.45) is 93.1. The molecular formula is C87H140O17P2. The number of aliphatic hydroxyl groups excluding tert-OH is 1. The number of phosphoric acid groups is 2. The Morgan fingerprint density at radius 2 is 0.509 bits per heavy atom. The van der Waals surface area contributed by atoms with Crippen LogP contribution in [0.5, 0.6) is 0 Å². The molecule has 600 valence electrons. The zero-order valence-electron chi connectivity index (χ0n) is 65.5.